The van der Waals surface area contributed by atoms with Crippen LogP contribution >= 0.6 is 0 Å². The van der Waals surface area contributed by atoms with Gasteiger partial charge in [0.25, 0.3) is 5.91 Å². The van der Waals surface area contributed by atoms with Crippen LogP contribution in [0, 0.1) is 0 Å². The zero-order valence-electron chi connectivity index (χ0n) is 16.1. The first kappa shape index (κ1) is 18.3. The van der Waals surface area contributed by atoms with Crippen LogP contribution in [0.3, 0.4) is 0 Å². The number of methoxy groups -OCH3 is 1. The first-order valence-corrected chi connectivity index (χ1v) is 9.41. The van der Waals surface area contributed by atoms with Crippen molar-refractivity contribution in [3.8, 4) is 11.6 Å². The summed E-state index contributed by atoms with van der Waals surface area (Å²) in [6, 6.07) is 9.07. The Morgan fingerprint density at radius 2 is 2.07 bits per heavy atom. The van der Waals surface area contributed by atoms with Crippen molar-refractivity contribution in [2.24, 2.45) is 0 Å². The summed E-state index contributed by atoms with van der Waals surface area (Å²) in [5.74, 6) is 0.819. The normalized spacial score (nSPS) is 15.5. The number of aromatic amines is 1. The molecule has 1 aliphatic heterocycles. The van der Waals surface area contributed by atoms with Gasteiger partial charge in [-0.1, -0.05) is 0 Å². The van der Waals surface area contributed by atoms with Crippen LogP contribution in [0.1, 0.15) is 23.2 Å². The number of hydrogen-bond donors (Lipinski definition) is 2. The van der Waals surface area contributed by atoms with Gasteiger partial charge in [-0.25, -0.2) is 4.98 Å². The third-order valence-corrected chi connectivity index (χ3v) is 5.09. The third kappa shape index (κ3) is 3.80. The van der Waals surface area contributed by atoms with Crippen molar-refractivity contribution in [2.45, 2.75) is 18.9 Å². The second-order valence-corrected chi connectivity index (χ2v) is 7.04. The molecular weight excluding hydrogens is 356 g/mol. The van der Waals surface area contributed by atoms with Crippen LogP contribution in [-0.4, -0.2) is 54.1 Å². The summed E-state index contributed by atoms with van der Waals surface area (Å²) in [5.41, 5.74) is 2.01. The number of nitrogens with one attached hydrogen (secondary N) is 2. The molecule has 1 aliphatic rings. The largest absolute Gasteiger partial charge is 0.496 e. The number of piperidine rings is 1. The van der Waals surface area contributed by atoms with Crippen LogP contribution in [0.4, 0.5) is 5.69 Å². The van der Waals surface area contributed by atoms with Gasteiger partial charge in [0.15, 0.2) is 0 Å². The number of anilines is 1. The van der Waals surface area contributed by atoms with Crippen molar-refractivity contribution in [3.63, 3.8) is 0 Å². The minimum Gasteiger partial charge on any atom is -0.496 e. The Balaban J connectivity index is 1.52. The lowest BCUT2D eigenvalue weighted by atomic mass is 10.1. The molecule has 4 rings (SSSR count). The quantitative estimate of drug-likeness (QED) is 0.710. The van der Waals surface area contributed by atoms with E-state index < -0.39 is 0 Å². The summed E-state index contributed by atoms with van der Waals surface area (Å²) in [6.45, 7) is 2.03. The second-order valence-electron chi connectivity index (χ2n) is 7.04. The van der Waals surface area contributed by atoms with Crippen molar-refractivity contribution >= 4 is 22.5 Å². The zero-order valence-corrected chi connectivity index (χ0v) is 16.1. The predicted octanol–water partition coefficient (Wildman–Crippen LogP) is 3.30. The molecule has 1 amide bonds. The van der Waals surface area contributed by atoms with Gasteiger partial charge >= 0.3 is 0 Å². The van der Waals surface area contributed by atoms with E-state index in [1.165, 1.54) is 0 Å². The van der Waals surface area contributed by atoms with E-state index in [0.717, 1.165) is 36.8 Å². The van der Waals surface area contributed by atoms with Crippen LogP contribution in [0.5, 0.6) is 11.6 Å². The molecule has 1 aromatic carbocycles. The number of pyridine rings is 1. The maximum Gasteiger partial charge on any atom is 0.260 e. The van der Waals surface area contributed by atoms with Crippen LogP contribution < -0.4 is 14.8 Å². The number of carbonyl (C=O) groups excluding carboxylic acids is 1. The van der Waals surface area contributed by atoms with Crippen LogP contribution in [0.2, 0.25) is 0 Å². The summed E-state index contributed by atoms with van der Waals surface area (Å²) >= 11 is 0. The number of nitrogens with zero attached hydrogens (tertiary/aromatic N) is 2. The van der Waals surface area contributed by atoms with E-state index in [-0.39, 0.29) is 12.0 Å². The van der Waals surface area contributed by atoms with Crippen molar-refractivity contribution < 1.29 is 14.3 Å². The van der Waals surface area contributed by atoms with Gasteiger partial charge < -0.3 is 24.7 Å². The van der Waals surface area contributed by atoms with Gasteiger partial charge in [0.05, 0.1) is 12.7 Å². The summed E-state index contributed by atoms with van der Waals surface area (Å²) < 4.78 is 11.4. The first-order valence-electron chi connectivity index (χ1n) is 9.41. The lowest BCUT2D eigenvalue weighted by Gasteiger charge is -2.28. The highest BCUT2D eigenvalue weighted by Gasteiger charge is 2.20. The lowest BCUT2D eigenvalue weighted by molar-refractivity contribution is 0.102. The average molecular weight is 380 g/mol. The highest BCUT2D eigenvalue weighted by Crippen LogP contribution is 2.29. The van der Waals surface area contributed by atoms with Gasteiger partial charge in [-0.2, -0.15) is 0 Å². The molecule has 7 heteroatoms. The Morgan fingerprint density at radius 3 is 2.86 bits per heavy atom. The molecule has 3 aromatic rings. The molecule has 2 aromatic heterocycles. The molecule has 1 saturated heterocycles. The minimum absolute atomic E-state index is 0.156. The number of likely N-dealkylation sites (tertiary alicyclic amines) is 1. The highest BCUT2D eigenvalue weighted by atomic mass is 16.5. The number of carbonyl (C=O) groups is 1. The molecular formula is C21H24N4O3. The standard InChI is InChI=1S/C21H24N4O3/c1-25-11-7-15(8-12-25)28-19-13-14(5-9-23-19)24-21(26)20-16-6-10-22-17(16)3-4-18(20)27-2/h3-6,9-10,13,15,22H,7-8,11-12H2,1-2H3,(H,23,24,26). The molecule has 7 nitrogen and oxygen atoms in total. The molecule has 0 saturated carbocycles. The molecule has 0 aliphatic carbocycles. The van der Waals surface area contributed by atoms with E-state index >= 15 is 0 Å². The molecule has 3 heterocycles. The van der Waals surface area contributed by atoms with Crippen molar-refractivity contribution in [3.05, 3.63) is 48.3 Å². The number of hydrogen-bond acceptors (Lipinski definition) is 5. The number of amides is 1. The van der Waals surface area contributed by atoms with Crippen LogP contribution in [-0.2, 0) is 0 Å². The summed E-state index contributed by atoms with van der Waals surface area (Å²) in [7, 11) is 3.68. The van der Waals surface area contributed by atoms with Gasteiger partial charge in [-0.05, 0) is 44.2 Å². The number of benzene rings is 1. The van der Waals surface area contributed by atoms with Gasteiger partial charge in [-0.15, -0.1) is 0 Å². The molecule has 0 atom stereocenters. The van der Waals surface area contributed by atoms with Gasteiger partial charge in [0.1, 0.15) is 11.9 Å². The van der Waals surface area contributed by atoms with E-state index in [1.807, 2.05) is 12.1 Å². The molecule has 0 bridgehead atoms. The van der Waals surface area contributed by atoms with Gasteiger partial charge in [0, 0.05) is 48.1 Å². The molecule has 28 heavy (non-hydrogen) atoms. The Bertz CT molecular complexity index is 977. The van der Waals surface area contributed by atoms with Crippen molar-refractivity contribution in [1.82, 2.24) is 14.9 Å². The van der Waals surface area contributed by atoms with Crippen LogP contribution in [0.25, 0.3) is 10.9 Å². The third-order valence-electron chi connectivity index (χ3n) is 5.09. The Morgan fingerprint density at radius 1 is 1.25 bits per heavy atom. The Kier molecular flexibility index (Phi) is 5.16. The zero-order chi connectivity index (χ0) is 19.5. The smallest absolute Gasteiger partial charge is 0.260 e. The number of aromatic nitrogens is 2. The molecule has 1 fully saturated rings. The monoisotopic (exact) mass is 380 g/mol. The van der Waals surface area contributed by atoms with E-state index in [4.69, 9.17) is 9.47 Å². The maximum atomic E-state index is 13.0. The maximum absolute atomic E-state index is 13.0. The summed E-state index contributed by atoms with van der Waals surface area (Å²) in [6.07, 6.45) is 5.56. The number of ether oxygens (including phenoxy) is 2. The average Bonchev–Trinajstić information content (AvgIpc) is 3.18. The molecule has 146 valence electrons. The molecule has 0 unspecified atom stereocenters. The Labute approximate surface area is 163 Å². The summed E-state index contributed by atoms with van der Waals surface area (Å²) in [4.78, 5) is 22.7. The van der Waals surface area contributed by atoms with Gasteiger partial charge in [-0.3, -0.25) is 4.79 Å². The highest BCUT2D eigenvalue weighted by molar-refractivity contribution is 6.14. The molecule has 2 N–H and O–H groups in total. The molecule has 0 spiro atoms. The second kappa shape index (κ2) is 7.90. The lowest BCUT2D eigenvalue weighted by Crippen LogP contribution is -2.35. The number of H-pyrrole nitrogens is 1. The SMILES string of the molecule is COc1ccc2[nH]ccc2c1C(=O)Nc1ccnc(OC2CCN(C)CC2)c1. The predicted molar refractivity (Wildman–Crippen MR) is 108 cm³/mol. The number of rotatable bonds is 5. The van der Waals surface area contributed by atoms with Crippen molar-refractivity contribution in [1.29, 1.82) is 0 Å². The van der Waals surface area contributed by atoms with E-state index in [1.54, 1.807) is 37.7 Å². The fourth-order valence-corrected chi connectivity index (χ4v) is 3.54. The van der Waals surface area contributed by atoms with E-state index in [2.05, 4.69) is 27.2 Å². The Hall–Kier alpha value is -3.06. The summed E-state index contributed by atoms with van der Waals surface area (Å²) in [5, 5.41) is 3.75. The number of fused-ring (bicyclic) bond motifs is 1. The minimum atomic E-state index is -0.238. The first-order chi connectivity index (χ1) is 13.6. The van der Waals surface area contributed by atoms with E-state index in [0.29, 0.717) is 22.9 Å². The molecule has 0 radical (unpaired) electrons. The fraction of sp³-hybridized carbons (Fsp3) is 0.333. The topological polar surface area (TPSA) is 79.5 Å². The van der Waals surface area contributed by atoms with Crippen molar-refractivity contribution in [2.75, 3.05) is 32.6 Å². The van der Waals surface area contributed by atoms with Gasteiger partial charge in [0.2, 0.25) is 5.88 Å². The van der Waals surface area contributed by atoms with E-state index in [9.17, 15) is 4.79 Å². The van der Waals surface area contributed by atoms with Crippen LogP contribution in [0.15, 0.2) is 42.7 Å². The fourth-order valence-electron chi connectivity index (χ4n) is 3.54.